The van der Waals surface area contributed by atoms with Crippen molar-refractivity contribution in [2.24, 2.45) is 17.6 Å². The van der Waals surface area contributed by atoms with Crippen molar-refractivity contribution in [3.05, 3.63) is 12.2 Å². The molecule has 0 fully saturated rings. The molecular formula is C13H24N2O. The minimum absolute atomic E-state index is 0.00301. The summed E-state index contributed by atoms with van der Waals surface area (Å²) < 4.78 is 0. The molecule has 0 aliphatic heterocycles. The molecule has 0 bridgehead atoms. The molecule has 0 aromatic carbocycles. The Bertz CT molecular complexity index is 248. The third-order valence-corrected chi connectivity index (χ3v) is 3.00. The van der Waals surface area contributed by atoms with Crippen molar-refractivity contribution in [3.8, 4) is 0 Å². The number of rotatable bonds is 5. The molecule has 0 saturated carbocycles. The number of hydrogen-bond acceptors (Lipinski definition) is 2. The Balaban J connectivity index is 2.21. The molecule has 3 nitrogen and oxygen atoms in total. The van der Waals surface area contributed by atoms with Gasteiger partial charge in [0.1, 0.15) is 0 Å². The van der Waals surface area contributed by atoms with Crippen molar-refractivity contribution in [1.82, 2.24) is 5.32 Å². The van der Waals surface area contributed by atoms with E-state index in [2.05, 4.69) is 31.3 Å². The van der Waals surface area contributed by atoms with Crippen LogP contribution in [0.5, 0.6) is 0 Å². The highest BCUT2D eigenvalue weighted by molar-refractivity contribution is 5.81. The standard InChI is InChI=1S/C13H24N2O/c1-10(2)8-12(14)13(16)15-9-11-6-4-3-5-7-11/h3-4,10-12H,5-9,14H2,1-2H3,(H,15,16). The van der Waals surface area contributed by atoms with Gasteiger partial charge >= 0.3 is 0 Å². The topological polar surface area (TPSA) is 55.1 Å². The molecule has 0 aromatic rings. The Morgan fingerprint density at radius 3 is 2.81 bits per heavy atom. The van der Waals surface area contributed by atoms with E-state index in [1.165, 1.54) is 6.42 Å². The van der Waals surface area contributed by atoms with Crippen LogP contribution in [0.25, 0.3) is 0 Å². The highest BCUT2D eigenvalue weighted by Gasteiger charge is 2.16. The van der Waals surface area contributed by atoms with Crippen molar-refractivity contribution in [2.45, 2.75) is 45.6 Å². The van der Waals surface area contributed by atoms with Gasteiger partial charge in [-0.15, -0.1) is 0 Å². The van der Waals surface area contributed by atoms with Crippen LogP contribution in [0.1, 0.15) is 39.5 Å². The largest absolute Gasteiger partial charge is 0.354 e. The number of allylic oxidation sites excluding steroid dienone is 2. The van der Waals surface area contributed by atoms with Crippen LogP contribution in [0.3, 0.4) is 0 Å². The average Bonchev–Trinajstić information content (AvgIpc) is 2.26. The first-order valence-electron chi connectivity index (χ1n) is 6.28. The Morgan fingerprint density at radius 2 is 2.25 bits per heavy atom. The molecule has 92 valence electrons. The number of hydrogen-bond donors (Lipinski definition) is 2. The van der Waals surface area contributed by atoms with E-state index in [4.69, 9.17) is 5.73 Å². The lowest BCUT2D eigenvalue weighted by Crippen LogP contribution is -2.43. The first-order chi connectivity index (χ1) is 7.59. The number of carbonyl (C=O) groups excluding carboxylic acids is 1. The molecule has 3 N–H and O–H groups in total. The molecule has 1 aliphatic rings. The van der Waals surface area contributed by atoms with E-state index < -0.39 is 0 Å². The third kappa shape index (κ3) is 4.79. The lowest BCUT2D eigenvalue weighted by molar-refractivity contribution is -0.122. The van der Waals surface area contributed by atoms with Crippen LogP contribution in [0.15, 0.2) is 12.2 Å². The molecule has 3 heteroatoms. The monoisotopic (exact) mass is 224 g/mol. The molecule has 0 heterocycles. The number of nitrogens with two attached hydrogens (primary N) is 1. The molecule has 1 rings (SSSR count). The summed E-state index contributed by atoms with van der Waals surface area (Å²) in [6, 6.07) is -0.348. The van der Waals surface area contributed by atoms with E-state index in [1.54, 1.807) is 0 Å². The first kappa shape index (κ1) is 13.2. The Hall–Kier alpha value is -0.830. The molecule has 2 atom stereocenters. The van der Waals surface area contributed by atoms with Gasteiger partial charge in [-0.05, 0) is 37.5 Å². The number of carbonyl (C=O) groups is 1. The molecule has 0 radical (unpaired) electrons. The van der Waals surface area contributed by atoms with Gasteiger partial charge in [0.15, 0.2) is 0 Å². The van der Waals surface area contributed by atoms with Gasteiger partial charge in [0.05, 0.1) is 6.04 Å². The number of nitrogens with one attached hydrogen (secondary N) is 1. The normalized spacial score (nSPS) is 22.1. The summed E-state index contributed by atoms with van der Waals surface area (Å²) in [6.07, 6.45) is 8.57. The Labute approximate surface area is 98.5 Å². The van der Waals surface area contributed by atoms with Gasteiger partial charge < -0.3 is 11.1 Å². The van der Waals surface area contributed by atoms with Gasteiger partial charge in [-0.1, -0.05) is 26.0 Å². The summed E-state index contributed by atoms with van der Waals surface area (Å²) in [7, 11) is 0. The maximum atomic E-state index is 11.7. The smallest absolute Gasteiger partial charge is 0.236 e. The van der Waals surface area contributed by atoms with Crippen LogP contribution in [0.4, 0.5) is 0 Å². The highest BCUT2D eigenvalue weighted by atomic mass is 16.2. The van der Waals surface area contributed by atoms with Gasteiger partial charge in [0.2, 0.25) is 5.91 Å². The summed E-state index contributed by atoms with van der Waals surface area (Å²) in [5.74, 6) is 1.07. The van der Waals surface area contributed by atoms with E-state index >= 15 is 0 Å². The van der Waals surface area contributed by atoms with Gasteiger partial charge in [0.25, 0.3) is 0 Å². The first-order valence-corrected chi connectivity index (χ1v) is 6.28. The van der Waals surface area contributed by atoms with E-state index in [1.807, 2.05) is 0 Å². The summed E-state index contributed by atoms with van der Waals surface area (Å²) in [4.78, 5) is 11.7. The number of amides is 1. The fraction of sp³-hybridized carbons (Fsp3) is 0.769. The predicted octanol–water partition coefficient (Wildman–Crippen LogP) is 1.83. The predicted molar refractivity (Wildman–Crippen MR) is 66.9 cm³/mol. The second-order valence-electron chi connectivity index (χ2n) is 5.13. The van der Waals surface area contributed by atoms with Crippen LogP contribution in [-0.2, 0) is 4.79 Å². The average molecular weight is 224 g/mol. The maximum Gasteiger partial charge on any atom is 0.236 e. The van der Waals surface area contributed by atoms with Crippen molar-refractivity contribution in [2.75, 3.05) is 6.54 Å². The molecule has 0 aromatic heterocycles. The van der Waals surface area contributed by atoms with Crippen LogP contribution in [0.2, 0.25) is 0 Å². The SMILES string of the molecule is CC(C)CC(N)C(=O)NCC1CC=CCC1. The molecule has 0 saturated heterocycles. The zero-order valence-corrected chi connectivity index (χ0v) is 10.4. The van der Waals surface area contributed by atoms with Crippen LogP contribution in [-0.4, -0.2) is 18.5 Å². The van der Waals surface area contributed by atoms with Crippen molar-refractivity contribution in [1.29, 1.82) is 0 Å². The van der Waals surface area contributed by atoms with E-state index in [-0.39, 0.29) is 11.9 Å². The van der Waals surface area contributed by atoms with Crippen molar-refractivity contribution in [3.63, 3.8) is 0 Å². The maximum absolute atomic E-state index is 11.7. The minimum atomic E-state index is -0.348. The van der Waals surface area contributed by atoms with Crippen LogP contribution >= 0.6 is 0 Å². The highest BCUT2D eigenvalue weighted by Crippen LogP contribution is 2.16. The molecule has 1 amide bonds. The Morgan fingerprint density at radius 1 is 1.50 bits per heavy atom. The molecule has 1 aliphatic carbocycles. The zero-order valence-electron chi connectivity index (χ0n) is 10.4. The minimum Gasteiger partial charge on any atom is -0.354 e. The zero-order chi connectivity index (χ0) is 12.0. The second kappa shape index (κ2) is 6.69. The second-order valence-corrected chi connectivity index (χ2v) is 5.13. The Kier molecular flexibility index (Phi) is 5.53. The lowest BCUT2D eigenvalue weighted by atomic mass is 9.94. The van der Waals surface area contributed by atoms with Crippen molar-refractivity contribution >= 4 is 5.91 Å². The van der Waals surface area contributed by atoms with Crippen molar-refractivity contribution < 1.29 is 4.79 Å². The molecule has 0 spiro atoms. The van der Waals surface area contributed by atoms with Gasteiger partial charge in [-0.2, -0.15) is 0 Å². The summed E-state index contributed by atoms with van der Waals surface area (Å²) in [5.41, 5.74) is 5.81. The fourth-order valence-electron chi connectivity index (χ4n) is 2.03. The quantitative estimate of drug-likeness (QED) is 0.700. The van der Waals surface area contributed by atoms with Gasteiger partial charge in [-0.3, -0.25) is 4.79 Å². The molecule has 2 unspecified atom stereocenters. The summed E-state index contributed by atoms with van der Waals surface area (Å²) in [6.45, 7) is 4.94. The van der Waals surface area contributed by atoms with E-state index in [0.29, 0.717) is 11.8 Å². The van der Waals surface area contributed by atoms with E-state index in [9.17, 15) is 4.79 Å². The third-order valence-electron chi connectivity index (χ3n) is 3.00. The summed E-state index contributed by atoms with van der Waals surface area (Å²) >= 11 is 0. The van der Waals surface area contributed by atoms with Gasteiger partial charge in [0, 0.05) is 6.54 Å². The van der Waals surface area contributed by atoms with Gasteiger partial charge in [-0.25, -0.2) is 0 Å². The molecular weight excluding hydrogens is 200 g/mol. The van der Waals surface area contributed by atoms with Crippen LogP contribution in [0, 0.1) is 11.8 Å². The van der Waals surface area contributed by atoms with Crippen LogP contribution < -0.4 is 11.1 Å². The fourth-order valence-corrected chi connectivity index (χ4v) is 2.03. The van der Waals surface area contributed by atoms with E-state index in [0.717, 1.165) is 25.8 Å². The lowest BCUT2D eigenvalue weighted by Gasteiger charge is -2.20. The molecule has 16 heavy (non-hydrogen) atoms. The summed E-state index contributed by atoms with van der Waals surface area (Å²) in [5, 5.41) is 2.96.